The van der Waals surface area contributed by atoms with Gasteiger partial charge in [-0.25, -0.2) is 8.42 Å². The molecule has 4 aromatic carbocycles. The summed E-state index contributed by atoms with van der Waals surface area (Å²) in [5, 5.41) is 0. The Kier molecular flexibility index (Phi) is 6.91. The van der Waals surface area contributed by atoms with Crippen molar-refractivity contribution in [2.45, 2.75) is 18.7 Å². The van der Waals surface area contributed by atoms with Gasteiger partial charge < -0.3 is 4.74 Å². The van der Waals surface area contributed by atoms with Crippen molar-refractivity contribution in [3.05, 3.63) is 107 Å². The summed E-state index contributed by atoms with van der Waals surface area (Å²) in [6.07, 6.45) is 1.16. The molecular weight excluding hydrogens is 472 g/mol. The average molecular weight is 499 g/mol. The Hall–Kier alpha value is -4.03. The lowest BCUT2D eigenvalue weighted by Gasteiger charge is -2.16. The second-order valence-electron chi connectivity index (χ2n) is 8.69. The van der Waals surface area contributed by atoms with Crippen molar-refractivity contribution in [1.82, 2.24) is 0 Å². The largest absolute Gasteiger partial charge is 0.496 e. The van der Waals surface area contributed by atoms with Crippen molar-refractivity contribution >= 4 is 21.4 Å². The van der Waals surface area contributed by atoms with Crippen molar-refractivity contribution in [3.8, 4) is 28.0 Å². The van der Waals surface area contributed by atoms with E-state index in [0.717, 1.165) is 34.1 Å². The number of carbonyl (C=O) groups excluding carboxylic acids is 2. The third kappa shape index (κ3) is 4.86. The van der Waals surface area contributed by atoms with Crippen LogP contribution in [-0.2, 0) is 9.84 Å². The maximum absolute atomic E-state index is 13.6. The van der Waals surface area contributed by atoms with Gasteiger partial charge in [0.25, 0.3) is 0 Å². The first-order valence-electron chi connectivity index (χ1n) is 11.3. The zero-order valence-corrected chi connectivity index (χ0v) is 21.3. The van der Waals surface area contributed by atoms with Crippen molar-refractivity contribution in [1.29, 1.82) is 0 Å². The number of ketones is 2. The first-order valence-corrected chi connectivity index (χ1v) is 13.2. The highest BCUT2D eigenvalue weighted by molar-refractivity contribution is 7.90. The highest BCUT2D eigenvalue weighted by Gasteiger charge is 2.25. The Balaban J connectivity index is 1.87. The molecule has 0 aliphatic rings. The van der Waals surface area contributed by atoms with E-state index in [9.17, 15) is 18.0 Å². The number of methoxy groups -OCH3 is 1. The molecular formula is C30H26O5S. The van der Waals surface area contributed by atoms with Crippen LogP contribution in [0.1, 0.15) is 31.8 Å². The molecule has 0 aliphatic carbocycles. The van der Waals surface area contributed by atoms with E-state index in [-0.39, 0.29) is 10.5 Å². The fourth-order valence-corrected chi connectivity index (χ4v) is 5.07. The molecule has 0 fully saturated rings. The fraction of sp³-hybridized carbons (Fsp3) is 0.133. The molecule has 0 saturated carbocycles. The molecule has 0 N–H and O–H groups in total. The van der Waals surface area contributed by atoms with E-state index in [2.05, 4.69) is 0 Å². The summed E-state index contributed by atoms with van der Waals surface area (Å²) in [5.41, 5.74) is 4.98. The van der Waals surface area contributed by atoms with Gasteiger partial charge in [0.05, 0.1) is 12.0 Å². The van der Waals surface area contributed by atoms with Crippen LogP contribution in [0.5, 0.6) is 5.75 Å². The minimum Gasteiger partial charge on any atom is -0.496 e. The van der Waals surface area contributed by atoms with Crippen LogP contribution in [0.2, 0.25) is 0 Å². The molecule has 0 radical (unpaired) electrons. The summed E-state index contributed by atoms with van der Waals surface area (Å²) >= 11 is 0. The van der Waals surface area contributed by atoms with E-state index >= 15 is 0 Å². The lowest BCUT2D eigenvalue weighted by molar-refractivity contribution is 0.0817. The molecule has 0 saturated heterocycles. The van der Waals surface area contributed by atoms with Crippen LogP contribution in [0.15, 0.2) is 89.8 Å². The highest BCUT2D eigenvalue weighted by atomic mass is 32.2. The smallest absolute Gasteiger partial charge is 0.234 e. The number of sulfone groups is 1. The van der Waals surface area contributed by atoms with E-state index in [1.165, 1.54) is 0 Å². The number of aryl methyl sites for hydroxylation is 2. The van der Waals surface area contributed by atoms with Crippen LogP contribution in [0.25, 0.3) is 22.3 Å². The Morgan fingerprint density at radius 3 is 1.89 bits per heavy atom. The lowest BCUT2D eigenvalue weighted by Crippen LogP contribution is -2.16. The van der Waals surface area contributed by atoms with Gasteiger partial charge in [0.15, 0.2) is 9.84 Å². The minimum atomic E-state index is -3.35. The second kappa shape index (κ2) is 9.91. The van der Waals surface area contributed by atoms with Gasteiger partial charge in [-0.05, 0) is 65.9 Å². The van der Waals surface area contributed by atoms with E-state index < -0.39 is 21.4 Å². The van der Waals surface area contributed by atoms with E-state index in [0.29, 0.717) is 16.9 Å². The summed E-state index contributed by atoms with van der Waals surface area (Å²) in [6, 6.07) is 24.5. The molecule has 0 atom stereocenters. The normalized spacial score (nSPS) is 11.2. The number of rotatable bonds is 7. The predicted molar refractivity (Wildman–Crippen MR) is 142 cm³/mol. The zero-order chi connectivity index (χ0) is 26.0. The van der Waals surface area contributed by atoms with Crippen LogP contribution in [-0.4, -0.2) is 33.3 Å². The summed E-state index contributed by atoms with van der Waals surface area (Å²) in [7, 11) is -1.78. The molecule has 4 rings (SSSR count). The number of Topliss-reactive ketones (excluding diaryl/α,β-unsaturated/α-hetero) is 2. The molecule has 4 aromatic rings. The molecule has 182 valence electrons. The van der Waals surface area contributed by atoms with Crippen molar-refractivity contribution < 1.29 is 22.7 Å². The Morgan fingerprint density at radius 2 is 1.33 bits per heavy atom. The number of ether oxygens (including phenoxy) is 1. The summed E-state index contributed by atoms with van der Waals surface area (Å²) < 4.78 is 29.2. The van der Waals surface area contributed by atoms with Crippen LogP contribution in [0.3, 0.4) is 0 Å². The Labute approximate surface area is 211 Å². The first kappa shape index (κ1) is 25.1. The topological polar surface area (TPSA) is 77.5 Å². The van der Waals surface area contributed by atoms with Gasteiger partial charge in [-0.1, -0.05) is 60.7 Å². The summed E-state index contributed by atoms with van der Waals surface area (Å²) in [6.45, 7) is 3.67. The second-order valence-corrected chi connectivity index (χ2v) is 10.7. The maximum Gasteiger partial charge on any atom is 0.234 e. The maximum atomic E-state index is 13.6. The number of hydrogen-bond acceptors (Lipinski definition) is 5. The molecule has 0 aliphatic heterocycles. The van der Waals surface area contributed by atoms with Gasteiger partial charge in [0.2, 0.25) is 11.6 Å². The van der Waals surface area contributed by atoms with Crippen molar-refractivity contribution in [3.63, 3.8) is 0 Å². The van der Waals surface area contributed by atoms with E-state index in [1.54, 1.807) is 55.6 Å². The van der Waals surface area contributed by atoms with E-state index in [4.69, 9.17) is 4.74 Å². The average Bonchev–Trinajstić information content (AvgIpc) is 2.87. The Morgan fingerprint density at radius 1 is 0.722 bits per heavy atom. The van der Waals surface area contributed by atoms with Crippen LogP contribution in [0.4, 0.5) is 0 Å². The standard InChI is InChI=1S/C30H26O5S/c1-19-17-23(18-20(2)30(19)35-3)28(31)29(32)26-12-8-11-25(27(26)22-9-6-5-7-10-22)21-13-15-24(16-14-21)36(4,33)34/h5-18H,1-4H3. The van der Waals surface area contributed by atoms with Gasteiger partial charge >= 0.3 is 0 Å². The van der Waals surface area contributed by atoms with Gasteiger partial charge in [0, 0.05) is 22.9 Å². The van der Waals surface area contributed by atoms with Crippen LogP contribution >= 0.6 is 0 Å². The van der Waals surface area contributed by atoms with Crippen LogP contribution < -0.4 is 4.74 Å². The molecule has 0 bridgehead atoms. The zero-order valence-electron chi connectivity index (χ0n) is 20.5. The van der Waals surface area contributed by atoms with Gasteiger partial charge in [-0.2, -0.15) is 0 Å². The molecule has 0 spiro atoms. The van der Waals surface area contributed by atoms with E-state index in [1.807, 2.05) is 50.2 Å². The van der Waals surface area contributed by atoms with Gasteiger partial charge in [0.1, 0.15) is 5.75 Å². The van der Waals surface area contributed by atoms with Crippen LogP contribution in [0, 0.1) is 13.8 Å². The molecule has 36 heavy (non-hydrogen) atoms. The lowest BCUT2D eigenvalue weighted by atomic mass is 9.87. The third-order valence-electron chi connectivity index (χ3n) is 6.10. The SMILES string of the molecule is COc1c(C)cc(C(=O)C(=O)c2cccc(-c3ccc(S(C)(=O)=O)cc3)c2-c2ccccc2)cc1C. The number of carbonyl (C=O) groups is 2. The Bertz CT molecular complexity index is 1540. The summed E-state index contributed by atoms with van der Waals surface area (Å²) in [4.78, 5) is 27.2. The predicted octanol–water partition coefficient (Wildman–Crippen LogP) is 6.12. The molecule has 0 heterocycles. The molecule has 6 heteroatoms. The quantitative estimate of drug-likeness (QED) is 0.227. The first-order chi connectivity index (χ1) is 17.1. The molecule has 5 nitrogen and oxygen atoms in total. The number of hydrogen-bond donors (Lipinski definition) is 0. The van der Waals surface area contributed by atoms with Crippen molar-refractivity contribution in [2.24, 2.45) is 0 Å². The van der Waals surface area contributed by atoms with Crippen molar-refractivity contribution in [2.75, 3.05) is 13.4 Å². The molecule has 0 unspecified atom stereocenters. The van der Waals surface area contributed by atoms with Gasteiger partial charge in [-0.15, -0.1) is 0 Å². The third-order valence-corrected chi connectivity index (χ3v) is 7.23. The summed E-state index contributed by atoms with van der Waals surface area (Å²) in [5.74, 6) is -0.540. The number of benzene rings is 4. The minimum absolute atomic E-state index is 0.208. The monoisotopic (exact) mass is 498 g/mol. The fourth-order valence-electron chi connectivity index (χ4n) is 4.44. The molecule has 0 aromatic heterocycles. The molecule has 0 amide bonds. The highest BCUT2D eigenvalue weighted by Crippen LogP contribution is 2.36. The van der Waals surface area contributed by atoms with Gasteiger partial charge in [-0.3, -0.25) is 9.59 Å².